The fraction of sp³-hybridized carbons (Fsp3) is 0.294. The molecule has 0 bridgehead atoms. The lowest BCUT2D eigenvalue weighted by molar-refractivity contribution is 0.323. The first-order valence-corrected chi connectivity index (χ1v) is 7.77. The van der Waals surface area contributed by atoms with Crippen LogP contribution in [0.1, 0.15) is 11.1 Å². The molecule has 0 heterocycles. The first kappa shape index (κ1) is 17.7. The predicted octanol–water partition coefficient (Wildman–Crippen LogP) is 4.31. The van der Waals surface area contributed by atoms with Crippen LogP contribution in [0.15, 0.2) is 30.3 Å². The smallest absolute Gasteiger partial charge is 0.203 e. The van der Waals surface area contributed by atoms with E-state index in [4.69, 9.17) is 37.4 Å². The summed E-state index contributed by atoms with van der Waals surface area (Å²) in [5.74, 6) is 1.85. The molecule has 0 atom stereocenters. The number of methoxy groups -OCH3 is 3. The van der Waals surface area contributed by atoms with Gasteiger partial charge in [-0.15, -0.1) is 0 Å². The van der Waals surface area contributed by atoms with E-state index >= 15 is 0 Å². The molecule has 4 nitrogen and oxygen atoms in total. The highest BCUT2D eigenvalue weighted by Crippen LogP contribution is 2.38. The Morgan fingerprint density at radius 1 is 0.739 bits per heavy atom. The Morgan fingerprint density at radius 3 is 1.65 bits per heavy atom. The third-order valence-electron chi connectivity index (χ3n) is 3.31. The standard InChI is InChI=1S/C17H19Cl2NO3/c1-21-15-6-12(7-16(22-2)17(15)23-3)10-20-9-11-4-13(18)8-14(19)5-11/h4-8,20H,9-10H2,1-3H3. The van der Waals surface area contributed by atoms with Crippen LogP contribution in [0.4, 0.5) is 0 Å². The first-order valence-electron chi connectivity index (χ1n) is 7.02. The zero-order valence-electron chi connectivity index (χ0n) is 13.3. The van der Waals surface area contributed by atoms with Crippen LogP contribution >= 0.6 is 23.2 Å². The number of halogens is 2. The lowest BCUT2D eigenvalue weighted by Gasteiger charge is -2.14. The van der Waals surface area contributed by atoms with Crippen molar-refractivity contribution in [2.45, 2.75) is 13.1 Å². The Balaban J connectivity index is 2.08. The highest BCUT2D eigenvalue weighted by Gasteiger charge is 2.12. The lowest BCUT2D eigenvalue weighted by atomic mass is 10.1. The minimum absolute atomic E-state index is 0.584. The molecule has 0 amide bonds. The van der Waals surface area contributed by atoms with Gasteiger partial charge in [0.15, 0.2) is 11.5 Å². The third-order valence-corrected chi connectivity index (χ3v) is 3.74. The quantitative estimate of drug-likeness (QED) is 0.803. The maximum Gasteiger partial charge on any atom is 0.203 e. The molecular formula is C17H19Cl2NO3. The van der Waals surface area contributed by atoms with E-state index in [1.54, 1.807) is 27.4 Å². The second-order valence-corrected chi connectivity index (χ2v) is 5.79. The number of rotatable bonds is 7. The van der Waals surface area contributed by atoms with Crippen LogP contribution in [0.3, 0.4) is 0 Å². The summed E-state index contributed by atoms with van der Waals surface area (Å²) >= 11 is 12.0. The van der Waals surface area contributed by atoms with Gasteiger partial charge in [0.2, 0.25) is 5.75 Å². The van der Waals surface area contributed by atoms with Gasteiger partial charge >= 0.3 is 0 Å². The molecule has 0 radical (unpaired) electrons. The van der Waals surface area contributed by atoms with Gasteiger partial charge in [0.05, 0.1) is 21.3 Å². The van der Waals surface area contributed by atoms with Gasteiger partial charge in [0, 0.05) is 23.1 Å². The maximum atomic E-state index is 6.00. The Bertz CT molecular complexity index is 632. The van der Waals surface area contributed by atoms with Gasteiger partial charge in [-0.3, -0.25) is 0 Å². The molecule has 0 saturated carbocycles. The average Bonchev–Trinajstić information content (AvgIpc) is 2.52. The van der Waals surface area contributed by atoms with E-state index in [0.29, 0.717) is 40.4 Å². The largest absolute Gasteiger partial charge is 0.493 e. The number of ether oxygens (including phenoxy) is 3. The summed E-state index contributed by atoms with van der Waals surface area (Å²) in [7, 11) is 4.78. The van der Waals surface area contributed by atoms with Crippen molar-refractivity contribution in [2.75, 3.05) is 21.3 Å². The van der Waals surface area contributed by atoms with Crippen LogP contribution in [0, 0.1) is 0 Å². The van der Waals surface area contributed by atoms with Crippen LogP contribution in [0.5, 0.6) is 17.2 Å². The molecule has 2 rings (SSSR count). The van der Waals surface area contributed by atoms with Gasteiger partial charge in [-0.2, -0.15) is 0 Å². The molecule has 0 aromatic heterocycles. The average molecular weight is 356 g/mol. The second-order valence-electron chi connectivity index (χ2n) is 4.91. The summed E-state index contributed by atoms with van der Waals surface area (Å²) in [5, 5.41) is 4.60. The molecule has 0 spiro atoms. The summed E-state index contributed by atoms with van der Waals surface area (Å²) in [4.78, 5) is 0. The summed E-state index contributed by atoms with van der Waals surface area (Å²) in [6, 6.07) is 9.32. The lowest BCUT2D eigenvalue weighted by Crippen LogP contribution is -2.13. The predicted molar refractivity (Wildman–Crippen MR) is 93.1 cm³/mol. The normalized spacial score (nSPS) is 10.5. The van der Waals surface area contributed by atoms with Crippen molar-refractivity contribution in [3.8, 4) is 17.2 Å². The molecule has 0 aliphatic rings. The van der Waals surface area contributed by atoms with E-state index in [2.05, 4.69) is 5.32 Å². The Labute approximate surface area is 146 Å². The number of nitrogens with one attached hydrogen (secondary N) is 1. The molecule has 0 unspecified atom stereocenters. The molecule has 6 heteroatoms. The van der Waals surface area contributed by atoms with Crippen LogP contribution in [0.25, 0.3) is 0 Å². The minimum atomic E-state index is 0.584. The molecule has 0 aliphatic heterocycles. The van der Waals surface area contributed by atoms with E-state index in [9.17, 15) is 0 Å². The van der Waals surface area contributed by atoms with Crippen molar-refractivity contribution in [3.63, 3.8) is 0 Å². The Hall–Kier alpha value is -1.62. The van der Waals surface area contributed by atoms with Crippen molar-refractivity contribution < 1.29 is 14.2 Å². The van der Waals surface area contributed by atoms with Gasteiger partial charge in [-0.05, 0) is 41.5 Å². The van der Waals surface area contributed by atoms with Gasteiger partial charge in [-0.1, -0.05) is 23.2 Å². The number of hydrogen-bond acceptors (Lipinski definition) is 4. The van der Waals surface area contributed by atoms with E-state index in [0.717, 1.165) is 11.1 Å². The molecule has 2 aromatic rings. The summed E-state index contributed by atoms with van der Waals surface area (Å²) in [6.07, 6.45) is 0. The summed E-state index contributed by atoms with van der Waals surface area (Å²) in [6.45, 7) is 1.29. The zero-order chi connectivity index (χ0) is 16.8. The molecular weight excluding hydrogens is 337 g/mol. The van der Waals surface area contributed by atoms with Gasteiger partial charge < -0.3 is 19.5 Å². The summed E-state index contributed by atoms with van der Waals surface area (Å²) in [5.41, 5.74) is 2.04. The monoisotopic (exact) mass is 355 g/mol. The molecule has 1 N–H and O–H groups in total. The van der Waals surface area contributed by atoms with Crippen LogP contribution in [0.2, 0.25) is 10.0 Å². The van der Waals surface area contributed by atoms with Crippen LogP contribution < -0.4 is 19.5 Å². The highest BCUT2D eigenvalue weighted by molar-refractivity contribution is 6.34. The molecule has 2 aromatic carbocycles. The molecule has 0 saturated heterocycles. The van der Waals surface area contributed by atoms with Gasteiger partial charge in [0.25, 0.3) is 0 Å². The maximum absolute atomic E-state index is 6.00. The fourth-order valence-corrected chi connectivity index (χ4v) is 2.87. The van der Waals surface area contributed by atoms with Crippen LogP contribution in [-0.4, -0.2) is 21.3 Å². The molecule has 0 aliphatic carbocycles. The highest BCUT2D eigenvalue weighted by atomic mass is 35.5. The number of benzene rings is 2. The van der Waals surface area contributed by atoms with E-state index in [-0.39, 0.29) is 0 Å². The minimum Gasteiger partial charge on any atom is -0.493 e. The Morgan fingerprint density at radius 2 is 1.22 bits per heavy atom. The molecule has 124 valence electrons. The zero-order valence-corrected chi connectivity index (χ0v) is 14.8. The first-order chi connectivity index (χ1) is 11.1. The number of hydrogen-bond donors (Lipinski definition) is 1. The van der Waals surface area contributed by atoms with Gasteiger partial charge in [-0.25, -0.2) is 0 Å². The molecule has 0 fully saturated rings. The van der Waals surface area contributed by atoms with E-state index < -0.39 is 0 Å². The third kappa shape index (κ3) is 4.67. The van der Waals surface area contributed by atoms with E-state index in [1.165, 1.54) is 0 Å². The second kappa shape index (κ2) is 8.29. The molecule has 23 heavy (non-hydrogen) atoms. The fourth-order valence-electron chi connectivity index (χ4n) is 2.30. The van der Waals surface area contributed by atoms with Crippen molar-refractivity contribution in [3.05, 3.63) is 51.5 Å². The van der Waals surface area contributed by atoms with Crippen LogP contribution in [-0.2, 0) is 13.1 Å². The topological polar surface area (TPSA) is 39.7 Å². The van der Waals surface area contributed by atoms with Gasteiger partial charge in [0.1, 0.15) is 0 Å². The Kier molecular flexibility index (Phi) is 6.39. The summed E-state index contributed by atoms with van der Waals surface area (Å²) < 4.78 is 16.0. The SMILES string of the molecule is COc1cc(CNCc2cc(Cl)cc(Cl)c2)cc(OC)c1OC. The van der Waals surface area contributed by atoms with Crippen molar-refractivity contribution in [2.24, 2.45) is 0 Å². The van der Waals surface area contributed by atoms with Crippen molar-refractivity contribution >= 4 is 23.2 Å². The van der Waals surface area contributed by atoms with Crippen molar-refractivity contribution in [1.82, 2.24) is 5.32 Å². The van der Waals surface area contributed by atoms with E-state index in [1.807, 2.05) is 24.3 Å². The van der Waals surface area contributed by atoms with Crippen molar-refractivity contribution in [1.29, 1.82) is 0 Å².